The molecule has 0 aliphatic rings. The predicted molar refractivity (Wildman–Crippen MR) is 94.7 cm³/mol. The van der Waals surface area contributed by atoms with E-state index in [-0.39, 0.29) is 22.2 Å². The summed E-state index contributed by atoms with van der Waals surface area (Å²) in [5, 5.41) is 9.70. The minimum Gasteiger partial charge on any atom is -0.508 e. The van der Waals surface area contributed by atoms with Crippen LogP contribution in [0, 0.1) is 0 Å². The highest BCUT2D eigenvalue weighted by Crippen LogP contribution is 2.53. The first-order valence-electron chi connectivity index (χ1n) is 7.42. The number of hydrogen-bond donors (Lipinski definition) is 1. The summed E-state index contributed by atoms with van der Waals surface area (Å²) in [6.45, 7) is 8.80. The van der Waals surface area contributed by atoms with Crippen LogP contribution in [0.4, 0.5) is 0 Å². The third-order valence-corrected chi connectivity index (χ3v) is 7.40. The van der Waals surface area contributed by atoms with Gasteiger partial charge in [-0.15, -0.1) is 10.3 Å². The molecule has 0 bridgehead atoms. The fourth-order valence-corrected chi connectivity index (χ4v) is 2.48. The maximum atomic E-state index is 11.6. The zero-order valence-electron chi connectivity index (χ0n) is 15.0. The van der Waals surface area contributed by atoms with Crippen molar-refractivity contribution in [1.29, 1.82) is 0 Å². The minimum absolute atomic E-state index is 0.0448. The number of rotatable bonds is 6. The van der Waals surface area contributed by atoms with E-state index < -0.39 is 16.3 Å². The molecule has 1 rings (SSSR count). The maximum Gasteiger partial charge on any atom is 0.338 e. The van der Waals surface area contributed by atoms with Crippen molar-refractivity contribution in [3.8, 4) is 11.5 Å². The lowest BCUT2D eigenvalue weighted by atomic mass is 10.2. The summed E-state index contributed by atoms with van der Waals surface area (Å²) >= 11 is 0. The number of benzene rings is 1. The lowest BCUT2D eigenvalue weighted by molar-refractivity contribution is 0.0599. The Morgan fingerprint density at radius 1 is 1.26 bits per heavy atom. The number of phenols is 1. The molecule has 5 nitrogen and oxygen atoms in total. The molecular formula is C17H28O5S. The molecule has 0 heterocycles. The molecule has 0 amide bonds. The molecule has 0 unspecified atom stereocenters. The number of phenolic OH excluding ortho intramolecular Hbond substituents is 1. The first kappa shape index (κ1) is 19.6. The van der Waals surface area contributed by atoms with E-state index in [9.17, 15) is 9.90 Å². The van der Waals surface area contributed by atoms with Crippen LogP contribution in [0.25, 0.3) is 0 Å². The molecule has 6 heteroatoms. The number of methoxy groups -OCH3 is 1. The second-order valence-electron chi connectivity index (χ2n) is 6.77. The van der Waals surface area contributed by atoms with Crippen molar-refractivity contribution in [2.24, 2.45) is 0 Å². The number of aromatic hydroxyl groups is 1. The molecule has 23 heavy (non-hydrogen) atoms. The van der Waals surface area contributed by atoms with Gasteiger partial charge in [0.05, 0.1) is 19.3 Å². The van der Waals surface area contributed by atoms with E-state index in [1.54, 1.807) is 6.07 Å². The quantitative estimate of drug-likeness (QED) is 0.796. The van der Waals surface area contributed by atoms with Crippen LogP contribution in [-0.4, -0.2) is 48.2 Å². The Kier molecular flexibility index (Phi) is 6.36. The number of carbonyl (C=O) groups excluding carboxylic acids is 1. The monoisotopic (exact) mass is 344 g/mol. The van der Waals surface area contributed by atoms with Gasteiger partial charge in [-0.05, 0) is 31.6 Å². The van der Waals surface area contributed by atoms with Crippen molar-refractivity contribution in [3.05, 3.63) is 23.8 Å². The van der Waals surface area contributed by atoms with Gasteiger partial charge >= 0.3 is 5.97 Å². The second kappa shape index (κ2) is 7.45. The molecule has 0 saturated carbocycles. The lowest BCUT2D eigenvalue weighted by Crippen LogP contribution is -2.29. The van der Waals surface area contributed by atoms with Crippen LogP contribution in [0.3, 0.4) is 0 Å². The Morgan fingerprint density at radius 3 is 2.39 bits per heavy atom. The van der Waals surface area contributed by atoms with Gasteiger partial charge in [-0.1, -0.05) is 20.8 Å². The highest BCUT2D eigenvalue weighted by atomic mass is 32.3. The average Bonchev–Trinajstić information content (AvgIpc) is 2.42. The zero-order valence-corrected chi connectivity index (χ0v) is 15.8. The average molecular weight is 344 g/mol. The van der Waals surface area contributed by atoms with Crippen LogP contribution in [0.5, 0.6) is 11.5 Å². The van der Waals surface area contributed by atoms with Gasteiger partial charge in [0.15, 0.2) is 0 Å². The summed E-state index contributed by atoms with van der Waals surface area (Å²) in [6.07, 6.45) is 4.05. The molecule has 0 radical (unpaired) electrons. The smallest absolute Gasteiger partial charge is 0.338 e. The molecule has 0 saturated heterocycles. The highest BCUT2D eigenvalue weighted by Gasteiger charge is 2.29. The normalized spacial score (nSPS) is 14.2. The molecule has 1 aromatic carbocycles. The second-order valence-corrected chi connectivity index (χ2v) is 10.7. The van der Waals surface area contributed by atoms with Crippen molar-refractivity contribution in [1.82, 2.24) is 0 Å². The molecular weight excluding hydrogens is 316 g/mol. The van der Waals surface area contributed by atoms with E-state index in [0.717, 1.165) is 0 Å². The molecule has 1 N–H and O–H groups in total. The highest BCUT2D eigenvalue weighted by molar-refractivity contribution is 8.29. The van der Waals surface area contributed by atoms with E-state index in [2.05, 4.69) is 38.0 Å². The Balaban J connectivity index is 2.73. The summed E-state index contributed by atoms with van der Waals surface area (Å²) < 4.78 is 16.6. The van der Waals surface area contributed by atoms with Gasteiger partial charge in [0.2, 0.25) is 0 Å². The van der Waals surface area contributed by atoms with Crippen molar-refractivity contribution in [2.75, 3.05) is 26.2 Å². The topological polar surface area (TPSA) is 65.0 Å². The Morgan fingerprint density at radius 2 is 1.87 bits per heavy atom. The number of carbonyl (C=O) groups is 1. The van der Waals surface area contributed by atoms with Crippen LogP contribution in [-0.2, 0) is 8.92 Å². The first-order valence-corrected chi connectivity index (χ1v) is 9.80. The first-order chi connectivity index (χ1) is 10.5. The zero-order chi connectivity index (χ0) is 17.8. The molecule has 0 fully saturated rings. The van der Waals surface area contributed by atoms with Gasteiger partial charge < -0.3 is 18.8 Å². The van der Waals surface area contributed by atoms with Crippen LogP contribution in [0.1, 0.15) is 38.1 Å². The van der Waals surface area contributed by atoms with Gasteiger partial charge in [-0.3, -0.25) is 0 Å². The van der Waals surface area contributed by atoms with Gasteiger partial charge in [0, 0.05) is 10.8 Å². The van der Waals surface area contributed by atoms with E-state index in [4.69, 9.17) is 8.92 Å². The van der Waals surface area contributed by atoms with Crippen LogP contribution in [0.2, 0.25) is 0 Å². The molecule has 0 aliphatic carbocycles. The van der Waals surface area contributed by atoms with Crippen molar-refractivity contribution < 1.29 is 23.6 Å². The largest absolute Gasteiger partial charge is 0.508 e. The Labute approximate surface area is 140 Å². The molecule has 1 aromatic rings. The summed E-state index contributed by atoms with van der Waals surface area (Å²) in [4.78, 5) is 11.6. The SMILES string of the molecule is COC(=O)c1cc(O)cc(O[C@@H](C)COS(C)(C)C(C)(C)C)c1. The summed E-state index contributed by atoms with van der Waals surface area (Å²) in [5.41, 5.74) is 0.247. The fraction of sp³-hybridized carbons (Fsp3) is 0.588. The predicted octanol–water partition coefficient (Wildman–Crippen LogP) is 3.74. The van der Waals surface area contributed by atoms with E-state index in [1.165, 1.54) is 19.2 Å². The maximum absolute atomic E-state index is 11.6. The van der Waals surface area contributed by atoms with Crippen molar-refractivity contribution in [2.45, 2.75) is 38.5 Å². The van der Waals surface area contributed by atoms with Gasteiger partial charge in [0.25, 0.3) is 0 Å². The third kappa shape index (κ3) is 5.62. The molecule has 0 spiro atoms. The van der Waals surface area contributed by atoms with Crippen molar-refractivity contribution in [3.63, 3.8) is 0 Å². The molecule has 0 aromatic heterocycles. The van der Waals surface area contributed by atoms with Gasteiger partial charge in [-0.25, -0.2) is 4.79 Å². The fourth-order valence-electron chi connectivity index (χ4n) is 1.60. The van der Waals surface area contributed by atoms with Crippen LogP contribution < -0.4 is 4.74 Å². The van der Waals surface area contributed by atoms with Crippen molar-refractivity contribution >= 4 is 16.3 Å². The summed E-state index contributed by atoms with van der Waals surface area (Å²) in [6, 6.07) is 4.35. The van der Waals surface area contributed by atoms with E-state index in [0.29, 0.717) is 12.4 Å². The Bertz CT molecular complexity index is 548. The summed E-state index contributed by atoms with van der Waals surface area (Å²) in [5.74, 6) is -0.158. The van der Waals surface area contributed by atoms with Crippen LogP contribution >= 0.6 is 10.3 Å². The van der Waals surface area contributed by atoms with E-state index in [1.807, 2.05) is 6.92 Å². The number of ether oxygens (including phenoxy) is 2. The minimum atomic E-state index is -1.22. The number of esters is 1. The third-order valence-electron chi connectivity index (χ3n) is 3.72. The Hall–Kier alpha value is -1.40. The molecule has 1 atom stereocenters. The lowest BCUT2D eigenvalue weighted by Gasteiger charge is -2.44. The summed E-state index contributed by atoms with van der Waals surface area (Å²) in [7, 11) is 0.0701. The van der Waals surface area contributed by atoms with E-state index >= 15 is 0 Å². The van der Waals surface area contributed by atoms with Gasteiger partial charge in [-0.2, -0.15) is 0 Å². The molecule has 132 valence electrons. The van der Waals surface area contributed by atoms with Gasteiger partial charge in [0.1, 0.15) is 17.6 Å². The van der Waals surface area contributed by atoms with Crippen LogP contribution in [0.15, 0.2) is 18.2 Å². The standard InChI is InChI=1S/C17H28O5S/c1-12(11-21-23(6,7)17(2,3)4)22-15-9-13(16(19)20-5)8-14(18)10-15/h8-10,12,18H,11H2,1-7H3/t12-/m0/s1. The number of hydrogen-bond acceptors (Lipinski definition) is 5. The molecule has 0 aliphatic heterocycles.